The summed E-state index contributed by atoms with van der Waals surface area (Å²) in [5, 5.41) is 6.79. The average molecular weight is 312 g/mol. The zero-order valence-corrected chi connectivity index (χ0v) is 15.2. The van der Waals surface area contributed by atoms with E-state index in [-0.39, 0.29) is 0 Å². The molecule has 0 saturated carbocycles. The molecule has 0 aromatic carbocycles. The molecular formula is C17H37N5. The molecule has 2 N–H and O–H groups in total. The molecule has 0 aromatic heterocycles. The lowest BCUT2D eigenvalue weighted by Crippen LogP contribution is -2.50. The van der Waals surface area contributed by atoms with Crippen LogP contribution in [0.1, 0.15) is 47.0 Å². The fraction of sp³-hybridized carbons (Fsp3) is 0.941. The minimum Gasteiger partial charge on any atom is -0.357 e. The van der Waals surface area contributed by atoms with E-state index in [2.05, 4.69) is 48.1 Å². The molecule has 1 unspecified atom stereocenters. The summed E-state index contributed by atoms with van der Waals surface area (Å²) in [7, 11) is 0. The highest BCUT2D eigenvalue weighted by atomic mass is 15.3. The SMILES string of the molecule is CCCCCNC(=NCC(C)N1CCN(CC)CC1)NCC. The van der Waals surface area contributed by atoms with E-state index in [4.69, 9.17) is 4.99 Å². The number of hydrogen-bond donors (Lipinski definition) is 2. The molecule has 130 valence electrons. The van der Waals surface area contributed by atoms with Gasteiger partial charge >= 0.3 is 0 Å². The molecule has 1 rings (SSSR count). The van der Waals surface area contributed by atoms with Crippen molar-refractivity contribution in [3.63, 3.8) is 0 Å². The average Bonchev–Trinajstić information content (AvgIpc) is 2.56. The fourth-order valence-electron chi connectivity index (χ4n) is 2.78. The number of piperazine rings is 1. The highest BCUT2D eigenvalue weighted by molar-refractivity contribution is 5.79. The molecule has 1 aliphatic heterocycles. The Morgan fingerprint density at radius 2 is 1.77 bits per heavy atom. The van der Waals surface area contributed by atoms with E-state index in [1.807, 2.05) is 0 Å². The molecular weight excluding hydrogens is 274 g/mol. The van der Waals surface area contributed by atoms with E-state index < -0.39 is 0 Å². The Labute approximate surface area is 137 Å². The summed E-state index contributed by atoms with van der Waals surface area (Å²) >= 11 is 0. The minimum absolute atomic E-state index is 0.519. The highest BCUT2D eigenvalue weighted by Gasteiger charge is 2.19. The normalized spacial score (nSPS) is 19.2. The number of guanidine groups is 1. The van der Waals surface area contributed by atoms with Crippen LogP contribution in [-0.4, -0.2) is 74.2 Å². The van der Waals surface area contributed by atoms with Gasteiger partial charge in [0.15, 0.2) is 5.96 Å². The van der Waals surface area contributed by atoms with Crippen LogP contribution in [0.25, 0.3) is 0 Å². The van der Waals surface area contributed by atoms with Gasteiger partial charge in [0.2, 0.25) is 0 Å². The number of hydrogen-bond acceptors (Lipinski definition) is 3. The predicted octanol–water partition coefficient (Wildman–Crippen LogP) is 1.76. The van der Waals surface area contributed by atoms with E-state index in [0.717, 1.165) is 25.6 Å². The topological polar surface area (TPSA) is 42.9 Å². The molecule has 1 aliphatic rings. The first-order chi connectivity index (χ1) is 10.7. The third-order valence-corrected chi connectivity index (χ3v) is 4.41. The number of nitrogens with zero attached hydrogens (tertiary/aromatic N) is 3. The predicted molar refractivity (Wildman–Crippen MR) is 96.7 cm³/mol. The second kappa shape index (κ2) is 11.7. The molecule has 1 heterocycles. The second-order valence-corrected chi connectivity index (χ2v) is 6.17. The van der Waals surface area contributed by atoms with Crippen LogP contribution in [0.5, 0.6) is 0 Å². The summed E-state index contributed by atoms with van der Waals surface area (Å²) in [6.45, 7) is 17.6. The van der Waals surface area contributed by atoms with E-state index in [9.17, 15) is 0 Å². The van der Waals surface area contributed by atoms with Crippen molar-refractivity contribution < 1.29 is 0 Å². The Bertz CT molecular complexity index is 297. The van der Waals surface area contributed by atoms with Crippen molar-refractivity contribution in [3.8, 4) is 0 Å². The van der Waals surface area contributed by atoms with Gasteiger partial charge in [-0.25, -0.2) is 0 Å². The molecule has 0 radical (unpaired) electrons. The maximum atomic E-state index is 4.76. The van der Waals surface area contributed by atoms with Gasteiger partial charge in [-0.05, 0) is 26.8 Å². The third-order valence-electron chi connectivity index (χ3n) is 4.41. The Morgan fingerprint density at radius 3 is 2.36 bits per heavy atom. The summed E-state index contributed by atoms with van der Waals surface area (Å²) in [5.74, 6) is 0.970. The molecule has 0 aliphatic carbocycles. The maximum Gasteiger partial charge on any atom is 0.191 e. The van der Waals surface area contributed by atoms with Gasteiger partial charge in [0.1, 0.15) is 0 Å². The van der Waals surface area contributed by atoms with Crippen molar-refractivity contribution in [2.75, 3.05) is 52.4 Å². The zero-order chi connectivity index (χ0) is 16.2. The van der Waals surface area contributed by atoms with Gasteiger partial charge in [-0.3, -0.25) is 9.89 Å². The summed E-state index contributed by atoms with van der Waals surface area (Å²) in [6.07, 6.45) is 3.76. The zero-order valence-electron chi connectivity index (χ0n) is 15.2. The summed E-state index contributed by atoms with van der Waals surface area (Å²) in [5.41, 5.74) is 0. The van der Waals surface area contributed by atoms with Crippen LogP contribution < -0.4 is 10.6 Å². The monoisotopic (exact) mass is 311 g/mol. The van der Waals surface area contributed by atoms with Crippen molar-refractivity contribution in [3.05, 3.63) is 0 Å². The van der Waals surface area contributed by atoms with Gasteiger partial charge in [0.25, 0.3) is 0 Å². The Hall–Kier alpha value is -0.810. The lowest BCUT2D eigenvalue weighted by Gasteiger charge is -2.37. The summed E-state index contributed by atoms with van der Waals surface area (Å²) in [4.78, 5) is 9.85. The Balaban J connectivity index is 2.34. The molecule has 1 fully saturated rings. The Morgan fingerprint density at radius 1 is 1.05 bits per heavy atom. The van der Waals surface area contributed by atoms with Crippen molar-refractivity contribution in [2.45, 2.75) is 53.0 Å². The molecule has 0 amide bonds. The summed E-state index contributed by atoms with van der Waals surface area (Å²) < 4.78 is 0. The van der Waals surface area contributed by atoms with Gasteiger partial charge in [-0.2, -0.15) is 0 Å². The standard InChI is InChI=1S/C17H37N5/c1-5-8-9-10-19-17(18-6-2)20-15-16(4)22-13-11-21(7-3)12-14-22/h16H,5-15H2,1-4H3,(H2,18,19,20). The van der Waals surface area contributed by atoms with Crippen LogP contribution in [0.2, 0.25) is 0 Å². The van der Waals surface area contributed by atoms with Crippen LogP contribution in [0.4, 0.5) is 0 Å². The van der Waals surface area contributed by atoms with E-state index in [1.165, 1.54) is 52.0 Å². The van der Waals surface area contributed by atoms with Gasteiger partial charge < -0.3 is 15.5 Å². The van der Waals surface area contributed by atoms with Crippen LogP contribution in [0, 0.1) is 0 Å². The van der Waals surface area contributed by atoms with Gasteiger partial charge in [0.05, 0.1) is 6.54 Å². The molecule has 5 heteroatoms. The molecule has 0 spiro atoms. The number of nitrogens with one attached hydrogen (secondary N) is 2. The molecule has 1 atom stereocenters. The maximum absolute atomic E-state index is 4.76. The number of aliphatic imine (C=N–C) groups is 1. The number of unbranched alkanes of at least 4 members (excludes halogenated alkanes) is 2. The lowest BCUT2D eigenvalue weighted by molar-refractivity contribution is 0.109. The molecule has 5 nitrogen and oxygen atoms in total. The molecule has 22 heavy (non-hydrogen) atoms. The molecule has 1 saturated heterocycles. The van der Waals surface area contributed by atoms with Crippen molar-refractivity contribution >= 4 is 5.96 Å². The number of rotatable bonds is 9. The first-order valence-electron chi connectivity index (χ1n) is 9.19. The molecule has 0 bridgehead atoms. The minimum atomic E-state index is 0.519. The van der Waals surface area contributed by atoms with Crippen molar-refractivity contribution in [2.24, 2.45) is 4.99 Å². The quantitative estimate of drug-likeness (QED) is 0.387. The van der Waals surface area contributed by atoms with E-state index >= 15 is 0 Å². The second-order valence-electron chi connectivity index (χ2n) is 6.17. The lowest BCUT2D eigenvalue weighted by atomic mass is 10.2. The largest absolute Gasteiger partial charge is 0.357 e. The Kier molecular flexibility index (Phi) is 10.2. The fourth-order valence-corrected chi connectivity index (χ4v) is 2.78. The van der Waals surface area contributed by atoms with Crippen molar-refractivity contribution in [1.82, 2.24) is 20.4 Å². The first kappa shape index (κ1) is 19.2. The molecule has 0 aromatic rings. The highest BCUT2D eigenvalue weighted by Crippen LogP contribution is 2.06. The van der Waals surface area contributed by atoms with E-state index in [1.54, 1.807) is 0 Å². The van der Waals surface area contributed by atoms with E-state index in [0.29, 0.717) is 6.04 Å². The first-order valence-corrected chi connectivity index (χ1v) is 9.19. The summed E-state index contributed by atoms with van der Waals surface area (Å²) in [6, 6.07) is 0.519. The van der Waals surface area contributed by atoms with Crippen molar-refractivity contribution in [1.29, 1.82) is 0 Å². The van der Waals surface area contributed by atoms with Crippen LogP contribution in [0.15, 0.2) is 4.99 Å². The van der Waals surface area contributed by atoms with Gasteiger partial charge in [0, 0.05) is 45.3 Å². The third kappa shape index (κ3) is 7.45. The van der Waals surface area contributed by atoms with Gasteiger partial charge in [-0.15, -0.1) is 0 Å². The smallest absolute Gasteiger partial charge is 0.191 e. The van der Waals surface area contributed by atoms with Crippen LogP contribution >= 0.6 is 0 Å². The van der Waals surface area contributed by atoms with Crippen LogP contribution in [0.3, 0.4) is 0 Å². The number of likely N-dealkylation sites (N-methyl/N-ethyl adjacent to an activating group) is 1. The van der Waals surface area contributed by atoms with Gasteiger partial charge in [-0.1, -0.05) is 26.7 Å². The van der Waals surface area contributed by atoms with Crippen LogP contribution in [-0.2, 0) is 0 Å².